The van der Waals surface area contributed by atoms with Crippen molar-refractivity contribution in [2.45, 2.75) is 25.9 Å². The quantitative estimate of drug-likeness (QED) is 0.686. The zero-order valence-electron chi connectivity index (χ0n) is 9.13. The third-order valence-corrected chi connectivity index (χ3v) is 2.07. The molecule has 15 heavy (non-hydrogen) atoms. The summed E-state index contributed by atoms with van der Waals surface area (Å²) < 4.78 is 5.14. The highest BCUT2D eigenvalue weighted by Crippen LogP contribution is 2.16. The maximum atomic E-state index is 11.5. The molecular weight excluding hydrogens is 196 g/mol. The van der Waals surface area contributed by atoms with Crippen LogP contribution in [0.1, 0.15) is 20.3 Å². The molecule has 0 aliphatic carbocycles. The van der Waals surface area contributed by atoms with Crippen LogP contribution in [-0.4, -0.2) is 28.8 Å². The second-order valence-electron chi connectivity index (χ2n) is 3.89. The van der Waals surface area contributed by atoms with Gasteiger partial charge in [-0.2, -0.15) is 5.10 Å². The molecule has 0 atom stereocenters. The van der Waals surface area contributed by atoms with Crippen molar-refractivity contribution in [3.8, 4) is 0 Å². The number of nitrogens with one attached hydrogen (secondary N) is 2. The van der Waals surface area contributed by atoms with E-state index in [-0.39, 0.29) is 12.3 Å². The number of H-pyrrole nitrogens is 1. The summed E-state index contributed by atoms with van der Waals surface area (Å²) in [6.45, 7) is 3.67. The number of aromatic nitrogens is 2. The zero-order valence-corrected chi connectivity index (χ0v) is 9.13. The molecule has 0 fully saturated rings. The largest absolute Gasteiger partial charge is 0.394 e. The molecule has 0 aromatic carbocycles. The molecule has 0 spiro atoms. The molecule has 1 heterocycles. The Hall–Kier alpha value is -1.56. The average Bonchev–Trinajstić information content (AvgIpc) is 2.51. The van der Waals surface area contributed by atoms with E-state index < -0.39 is 5.60 Å². The Labute approximate surface area is 88.2 Å². The summed E-state index contributed by atoms with van der Waals surface area (Å²) in [5, 5.41) is 8.91. The first-order chi connectivity index (χ1) is 6.94. The van der Waals surface area contributed by atoms with E-state index in [1.165, 1.54) is 6.20 Å². The molecule has 0 aliphatic rings. The molecule has 0 bridgehead atoms. The van der Waals surface area contributed by atoms with E-state index in [9.17, 15) is 4.79 Å². The average molecular weight is 212 g/mol. The van der Waals surface area contributed by atoms with Gasteiger partial charge in [-0.1, -0.05) is 0 Å². The second kappa shape index (κ2) is 4.31. The van der Waals surface area contributed by atoms with Crippen molar-refractivity contribution >= 4 is 17.4 Å². The summed E-state index contributed by atoms with van der Waals surface area (Å²) in [6, 6.07) is 0. The molecule has 0 saturated carbocycles. The highest BCUT2D eigenvalue weighted by Gasteiger charge is 2.21. The van der Waals surface area contributed by atoms with E-state index in [0.29, 0.717) is 11.5 Å². The minimum absolute atomic E-state index is 0.169. The fourth-order valence-electron chi connectivity index (χ4n) is 1.04. The number of nitrogens with two attached hydrogens (primary N) is 1. The second-order valence-corrected chi connectivity index (χ2v) is 3.89. The minimum Gasteiger partial charge on any atom is -0.394 e. The number of rotatable bonds is 4. The van der Waals surface area contributed by atoms with Crippen LogP contribution in [0.4, 0.5) is 11.5 Å². The van der Waals surface area contributed by atoms with Crippen molar-refractivity contribution in [3.05, 3.63) is 6.20 Å². The molecule has 0 saturated heterocycles. The van der Waals surface area contributed by atoms with Gasteiger partial charge in [0.1, 0.15) is 0 Å². The number of aromatic amines is 1. The predicted octanol–water partition coefficient (Wildman–Crippen LogP) is 0.745. The summed E-state index contributed by atoms with van der Waals surface area (Å²) in [5.41, 5.74) is 5.47. The van der Waals surface area contributed by atoms with Crippen LogP contribution in [0, 0.1) is 0 Å². The van der Waals surface area contributed by atoms with Crippen molar-refractivity contribution in [2.75, 3.05) is 18.2 Å². The van der Waals surface area contributed by atoms with Crippen LogP contribution in [-0.2, 0) is 9.53 Å². The van der Waals surface area contributed by atoms with Crippen molar-refractivity contribution < 1.29 is 9.53 Å². The lowest BCUT2D eigenvalue weighted by Gasteiger charge is -2.21. The molecule has 1 aromatic rings. The van der Waals surface area contributed by atoms with Gasteiger partial charge in [-0.3, -0.25) is 9.89 Å². The minimum atomic E-state index is -0.487. The lowest BCUT2D eigenvalue weighted by molar-refractivity contribution is -0.121. The number of methoxy groups -OCH3 is 1. The van der Waals surface area contributed by atoms with E-state index in [4.69, 9.17) is 10.5 Å². The molecule has 84 valence electrons. The summed E-state index contributed by atoms with van der Waals surface area (Å²) in [6.07, 6.45) is 1.69. The van der Waals surface area contributed by atoms with Crippen LogP contribution in [0.25, 0.3) is 0 Å². The fraction of sp³-hybridized carbons (Fsp3) is 0.556. The third-order valence-electron chi connectivity index (χ3n) is 2.07. The molecule has 6 nitrogen and oxygen atoms in total. The van der Waals surface area contributed by atoms with Gasteiger partial charge in [0.2, 0.25) is 5.91 Å². The first-order valence-electron chi connectivity index (χ1n) is 4.58. The van der Waals surface area contributed by atoms with Gasteiger partial charge in [0.05, 0.1) is 23.9 Å². The Morgan fingerprint density at radius 1 is 1.73 bits per heavy atom. The maximum absolute atomic E-state index is 11.5. The van der Waals surface area contributed by atoms with Crippen LogP contribution in [0.2, 0.25) is 0 Å². The van der Waals surface area contributed by atoms with Crippen molar-refractivity contribution in [1.29, 1.82) is 0 Å². The van der Waals surface area contributed by atoms with Crippen LogP contribution in [0.3, 0.4) is 0 Å². The molecule has 4 N–H and O–H groups in total. The van der Waals surface area contributed by atoms with Crippen LogP contribution >= 0.6 is 0 Å². The zero-order chi connectivity index (χ0) is 11.5. The van der Waals surface area contributed by atoms with E-state index in [1.807, 2.05) is 13.8 Å². The van der Waals surface area contributed by atoms with Gasteiger partial charge in [0, 0.05) is 7.11 Å². The highest BCUT2D eigenvalue weighted by atomic mass is 16.5. The molecule has 1 amide bonds. The first-order valence-corrected chi connectivity index (χ1v) is 4.58. The number of amides is 1. The van der Waals surface area contributed by atoms with Crippen LogP contribution < -0.4 is 11.1 Å². The molecule has 1 rings (SSSR count). The van der Waals surface area contributed by atoms with Gasteiger partial charge in [-0.15, -0.1) is 0 Å². The van der Waals surface area contributed by atoms with E-state index in [1.54, 1.807) is 7.11 Å². The summed E-state index contributed by atoms with van der Waals surface area (Å²) in [4.78, 5) is 11.5. The van der Waals surface area contributed by atoms with Crippen LogP contribution in [0.15, 0.2) is 6.20 Å². The standard InChI is InChI=1S/C9H16N4O2/c1-9(2,15-3)4-7(14)12-8-6(10)5-11-13-8/h5H,4,10H2,1-3H3,(H2,11,12,13,14). The number of nitrogen functional groups attached to an aromatic ring is 1. The lowest BCUT2D eigenvalue weighted by Crippen LogP contribution is -2.29. The predicted molar refractivity (Wildman–Crippen MR) is 57.3 cm³/mol. The van der Waals surface area contributed by atoms with Crippen molar-refractivity contribution in [3.63, 3.8) is 0 Å². The third kappa shape index (κ3) is 3.25. The maximum Gasteiger partial charge on any atom is 0.228 e. The Bertz CT molecular complexity index is 346. The van der Waals surface area contributed by atoms with Gasteiger partial charge in [0.15, 0.2) is 5.82 Å². The SMILES string of the molecule is COC(C)(C)CC(=O)Nc1[nH]ncc1N. The summed E-state index contributed by atoms with van der Waals surface area (Å²) in [7, 11) is 1.57. The van der Waals surface area contributed by atoms with E-state index >= 15 is 0 Å². The number of anilines is 2. The molecule has 0 radical (unpaired) electrons. The van der Waals surface area contributed by atoms with E-state index in [2.05, 4.69) is 15.5 Å². The number of ether oxygens (including phenoxy) is 1. The monoisotopic (exact) mass is 212 g/mol. The first kappa shape index (κ1) is 11.5. The van der Waals surface area contributed by atoms with Gasteiger partial charge in [-0.25, -0.2) is 0 Å². The van der Waals surface area contributed by atoms with E-state index in [0.717, 1.165) is 0 Å². The smallest absolute Gasteiger partial charge is 0.228 e. The number of nitrogens with zero attached hydrogens (tertiary/aromatic N) is 1. The van der Waals surface area contributed by atoms with Gasteiger partial charge >= 0.3 is 0 Å². The Kier molecular flexibility index (Phi) is 3.31. The Morgan fingerprint density at radius 3 is 2.87 bits per heavy atom. The molecular formula is C9H16N4O2. The molecule has 1 aromatic heterocycles. The number of carbonyl (C=O) groups is 1. The van der Waals surface area contributed by atoms with Crippen molar-refractivity contribution in [1.82, 2.24) is 10.2 Å². The Morgan fingerprint density at radius 2 is 2.40 bits per heavy atom. The van der Waals surface area contributed by atoms with Gasteiger partial charge < -0.3 is 15.8 Å². The fourth-order valence-corrected chi connectivity index (χ4v) is 1.04. The topological polar surface area (TPSA) is 93.0 Å². The van der Waals surface area contributed by atoms with Crippen molar-refractivity contribution in [2.24, 2.45) is 0 Å². The summed E-state index contributed by atoms with van der Waals surface area (Å²) >= 11 is 0. The summed E-state index contributed by atoms with van der Waals surface area (Å²) in [5.74, 6) is 0.254. The molecule has 0 aliphatic heterocycles. The Balaban J connectivity index is 2.54. The number of hydrogen-bond donors (Lipinski definition) is 3. The number of hydrogen-bond acceptors (Lipinski definition) is 4. The molecule has 0 unspecified atom stereocenters. The van der Waals surface area contributed by atoms with Crippen LogP contribution in [0.5, 0.6) is 0 Å². The lowest BCUT2D eigenvalue weighted by atomic mass is 10.1. The van der Waals surface area contributed by atoms with Gasteiger partial charge in [0.25, 0.3) is 0 Å². The molecule has 6 heteroatoms. The van der Waals surface area contributed by atoms with Gasteiger partial charge in [-0.05, 0) is 13.8 Å². The normalized spacial score (nSPS) is 11.4. The number of carbonyl (C=O) groups excluding carboxylic acids is 1. The highest BCUT2D eigenvalue weighted by molar-refractivity contribution is 5.92.